The number of rotatable bonds is 14. The number of anilines is 2. The van der Waals surface area contributed by atoms with Gasteiger partial charge in [0.2, 0.25) is 5.82 Å². The van der Waals surface area contributed by atoms with E-state index in [9.17, 15) is 5.11 Å². The predicted octanol–water partition coefficient (Wildman–Crippen LogP) is 2.35. The van der Waals surface area contributed by atoms with Crippen LogP contribution < -0.4 is 30.4 Å². The zero-order chi connectivity index (χ0) is 23.5. The van der Waals surface area contributed by atoms with Crippen molar-refractivity contribution in [3.05, 3.63) is 35.0 Å². The highest BCUT2D eigenvalue weighted by Crippen LogP contribution is 2.30. The Morgan fingerprint density at radius 1 is 1.28 bits per heavy atom. The van der Waals surface area contributed by atoms with Gasteiger partial charge < -0.3 is 30.9 Å². The third-order valence-electron chi connectivity index (χ3n) is 5.61. The average Bonchev–Trinajstić information content (AvgIpc) is 2.78. The molecule has 178 valence electrons. The number of aryl methyl sites for hydroxylation is 1. The first-order chi connectivity index (χ1) is 15.4. The maximum absolute atomic E-state index is 9.49. The average molecular weight is 447 g/mol. The van der Waals surface area contributed by atoms with E-state index >= 15 is 0 Å². The lowest BCUT2D eigenvalue weighted by atomic mass is 10.0. The van der Waals surface area contributed by atoms with Crippen LogP contribution in [-0.2, 0) is 13.5 Å². The monoisotopic (exact) mass is 446 g/mol. The van der Waals surface area contributed by atoms with E-state index in [2.05, 4.69) is 22.5 Å². The molecule has 0 saturated heterocycles. The summed E-state index contributed by atoms with van der Waals surface area (Å²) in [4.78, 5) is 4.54. The quantitative estimate of drug-likeness (QED) is 0.261. The Morgan fingerprint density at radius 3 is 2.72 bits per heavy atom. The summed E-state index contributed by atoms with van der Waals surface area (Å²) in [6.07, 6.45) is 4.24. The van der Waals surface area contributed by atoms with Gasteiger partial charge in [-0.15, -0.1) is 4.98 Å². The Kier molecular flexibility index (Phi) is 10.5. The number of nitrogens with one attached hydrogen (secondary N) is 2. The number of aliphatic hydroxyl groups excluding tert-OH is 1. The van der Waals surface area contributed by atoms with Crippen LogP contribution in [0.25, 0.3) is 0 Å². The van der Waals surface area contributed by atoms with Gasteiger partial charge >= 0.3 is 5.95 Å². The zero-order valence-electron chi connectivity index (χ0n) is 20.2. The van der Waals surface area contributed by atoms with Crippen molar-refractivity contribution < 1.29 is 19.1 Å². The Morgan fingerprint density at radius 2 is 2.06 bits per heavy atom. The van der Waals surface area contributed by atoms with E-state index in [1.165, 1.54) is 0 Å². The minimum absolute atomic E-state index is 0.139. The lowest BCUT2D eigenvalue weighted by molar-refractivity contribution is -0.645. The summed E-state index contributed by atoms with van der Waals surface area (Å²) in [5.41, 5.74) is 9.14. The molecule has 0 aliphatic rings. The van der Waals surface area contributed by atoms with E-state index in [1.807, 2.05) is 43.8 Å². The summed E-state index contributed by atoms with van der Waals surface area (Å²) in [5.74, 6) is 2.95. The molecule has 1 unspecified atom stereocenters. The highest BCUT2D eigenvalue weighted by Gasteiger charge is 2.23. The Balaban J connectivity index is 2.34. The van der Waals surface area contributed by atoms with E-state index < -0.39 is 0 Å². The molecule has 0 amide bonds. The molecule has 0 spiro atoms. The first-order valence-electron chi connectivity index (χ1n) is 11.4. The number of methoxy groups -OCH3 is 1. The van der Waals surface area contributed by atoms with Crippen LogP contribution in [0.2, 0.25) is 0 Å². The minimum Gasteiger partial charge on any atom is -0.496 e. The SMILES string of the molecule is CCCC(CCO)Nc1c(Cc2ccc(OCCCNC)cc2OC)c(C)nc(N)[n+]1C. The molecular formula is C24H40N5O3+. The van der Waals surface area contributed by atoms with Crippen molar-refractivity contribution in [2.75, 3.05) is 45.0 Å². The number of nitrogens with two attached hydrogens (primary N) is 1. The van der Waals surface area contributed by atoms with Crippen LogP contribution in [0.15, 0.2) is 18.2 Å². The van der Waals surface area contributed by atoms with Crippen molar-refractivity contribution >= 4 is 11.8 Å². The summed E-state index contributed by atoms with van der Waals surface area (Å²) < 4.78 is 13.4. The topological polar surface area (TPSA) is 106 Å². The molecule has 2 rings (SSSR count). The molecule has 0 fully saturated rings. The number of nitrogen functional groups attached to an aromatic ring is 1. The minimum atomic E-state index is 0.139. The van der Waals surface area contributed by atoms with E-state index in [1.54, 1.807) is 7.11 Å². The van der Waals surface area contributed by atoms with Crippen LogP contribution in [0.4, 0.5) is 11.8 Å². The van der Waals surface area contributed by atoms with Crippen molar-refractivity contribution in [3.8, 4) is 11.5 Å². The zero-order valence-corrected chi connectivity index (χ0v) is 20.2. The number of hydrogen-bond acceptors (Lipinski definition) is 7. The molecule has 2 aromatic rings. The van der Waals surface area contributed by atoms with E-state index in [4.69, 9.17) is 15.2 Å². The number of aromatic nitrogens is 2. The number of nitrogens with zero attached hydrogens (tertiary/aromatic N) is 2. The second-order valence-corrected chi connectivity index (χ2v) is 8.04. The number of ether oxygens (including phenoxy) is 2. The van der Waals surface area contributed by atoms with Crippen LogP contribution >= 0.6 is 0 Å². The maximum Gasteiger partial charge on any atom is 0.344 e. The predicted molar refractivity (Wildman–Crippen MR) is 128 cm³/mol. The Hall–Kier alpha value is -2.58. The van der Waals surface area contributed by atoms with E-state index in [0.29, 0.717) is 25.4 Å². The molecule has 5 N–H and O–H groups in total. The summed E-state index contributed by atoms with van der Waals surface area (Å²) >= 11 is 0. The molecule has 1 heterocycles. The first-order valence-corrected chi connectivity index (χ1v) is 11.4. The van der Waals surface area contributed by atoms with Crippen molar-refractivity contribution in [3.63, 3.8) is 0 Å². The standard InChI is InChI=1S/C24H39N5O3/c1-6-8-19(11-13-30)28-23-21(17(2)27-24(25)29(23)4)15-18-9-10-20(16-22(18)31-5)32-14-7-12-26-3/h9-10,16,19,26,30H,6-8,11-15H2,1-5H3,(H2,25,27,28)/p+1. The molecule has 8 nitrogen and oxygen atoms in total. The second-order valence-electron chi connectivity index (χ2n) is 8.04. The van der Waals surface area contributed by atoms with E-state index in [-0.39, 0.29) is 12.6 Å². The molecule has 0 radical (unpaired) electrons. The first kappa shape index (κ1) is 25.7. The van der Waals surface area contributed by atoms with Gasteiger partial charge in [-0.05, 0) is 45.0 Å². The molecule has 8 heteroatoms. The molecule has 0 bridgehead atoms. The third kappa shape index (κ3) is 6.97. The van der Waals surface area contributed by atoms with Crippen molar-refractivity contribution in [1.29, 1.82) is 0 Å². The fourth-order valence-corrected chi connectivity index (χ4v) is 3.77. The van der Waals surface area contributed by atoms with Crippen LogP contribution in [0.1, 0.15) is 49.4 Å². The lowest BCUT2D eigenvalue weighted by Gasteiger charge is -2.21. The van der Waals surface area contributed by atoms with Crippen LogP contribution in [0.3, 0.4) is 0 Å². The molecule has 1 aromatic heterocycles. The van der Waals surface area contributed by atoms with E-state index in [0.717, 1.165) is 59.9 Å². The van der Waals surface area contributed by atoms with Crippen molar-refractivity contribution in [1.82, 2.24) is 10.3 Å². The van der Waals surface area contributed by atoms with Crippen LogP contribution in [-0.4, -0.2) is 50.0 Å². The van der Waals surface area contributed by atoms with Gasteiger partial charge in [0, 0.05) is 25.5 Å². The summed E-state index contributed by atoms with van der Waals surface area (Å²) in [7, 11) is 5.52. The highest BCUT2D eigenvalue weighted by molar-refractivity contribution is 5.50. The summed E-state index contributed by atoms with van der Waals surface area (Å²) in [6.45, 7) is 5.83. The second kappa shape index (κ2) is 13.1. The van der Waals surface area contributed by atoms with Gasteiger partial charge in [-0.1, -0.05) is 19.4 Å². The van der Waals surface area contributed by atoms with Gasteiger partial charge in [0.25, 0.3) is 0 Å². The number of aliphatic hydroxyl groups is 1. The molecule has 1 atom stereocenters. The fourth-order valence-electron chi connectivity index (χ4n) is 3.77. The Bertz CT molecular complexity index is 854. The molecule has 1 aromatic carbocycles. The fraction of sp³-hybridized carbons (Fsp3) is 0.583. The lowest BCUT2D eigenvalue weighted by Crippen LogP contribution is -2.41. The summed E-state index contributed by atoms with van der Waals surface area (Å²) in [5, 5.41) is 16.2. The largest absolute Gasteiger partial charge is 0.496 e. The molecule has 0 aliphatic heterocycles. The van der Waals surface area contributed by atoms with Crippen LogP contribution in [0, 0.1) is 6.92 Å². The summed E-state index contributed by atoms with van der Waals surface area (Å²) in [6, 6.07) is 6.12. The maximum atomic E-state index is 9.49. The molecule has 0 aliphatic carbocycles. The third-order valence-corrected chi connectivity index (χ3v) is 5.61. The highest BCUT2D eigenvalue weighted by atomic mass is 16.5. The number of hydrogen-bond donors (Lipinski definition) is 4. The van der Waals surface area contributed by atoms with Gasteiger partial charge in [0.05, 0.1) is 32.4 Å². The van der Waals surface area contributed by atoms with Gasteiger partial charge in [-0.25, -0.2) is 4.57 Å². The van der Waals surface area contributed by atoms with Gasteiger partial charge in [-0.3, -0.25) is 0 Å². The number of benzene rings is 1. The van der Waals surface area contributed by atoms with Gasteiger partial charge in [0.1, 0.15) is 17.2 Å². The van der Waals surface area contributed by atoms with Crippen molar-refractivity contribution in [2.45, 2.75) is 52.0 Å². The molecular weight excluding hydrogens is 406 g/mol. The Labute approximate surface area is 192 Å². The normalized spacial score (nSPS) is 11.9. The molecule has 32 heavy (non-hydrogen) atoms. The van der Waals surface area contributed by atoms with Gasteiger partial charge in [-0.2, -0.15) is 0 Å². The van der Waals surface area contributed by atoms with Gasteiger partial charge in [0.15, 0.2) is 0 Å². The van der Waals surface area contributed by atoms with Crippen molar-refractivity contribution in [2.24, 2.45) is 7.05 Å². The molecule has 0 saturated carbocycles. The smallest absolute Gasteiger partial charge is 0.344 e. The van der Waals surface area contributed by atoms with Crippen LogP contribution in [0.5, 0.6) is 11.5 Å².